The molecule has 0 bridgehead atoms. The van der Waals surface area contributed by atoms with Crippen molar-refractivity contribution in [2.45, 2.75) is 272 Å². The van der Waals surface area contributed by atoms with E-state index >= 15 is 4.79 Å². The smallest absolute Gasteiger partial charge is 0.394 e. The SMILES string of the molecule is CO[C@H]1OCC[C@@H]1OP(=O)(O)OCCCCCCNC(=O)[C@H](CCCCN(Cc1cn(CCOCCO[C@@H]2O[C@H](CO)[C@H](O)[C@H](O)[C@H]2NC(C)=O)nn1)Cc1cn(CCOCCO[C@@H]2O[C@H](CO)[C@H](O)[C@H](O)[C@H]2NC(C)=O)nn1)N(Cc1cn(CCOCCO[C@@H]2O[C@H](CO)[C@H](O)[C@H](O)[C@H]2NC(C)=O)nn1)Cc1cn(CCOCCO[C@@H]2O[C@H](CO)[C@H](O)[C@H](O)[C@H]2NC(C)=O)nn1. The Bertz CT molecular complexity index is 3860. The number of carbonyl (C=O) groups is 5. The van der Waals surface area contributed by atoms with Crippen molar-refractivity contribution in [2.75, 3.05) is 139 Å². The molecule has 0 spiro atoms. The van der Waals surface area contributed by atoms with Crippen LogP contribution in [0.1, 0.15) is 102 Å². The number of phosphoric acid groups is 1. The first-order chi connectivity index (χ1) is 63.5. The molecule has 5 aliphatic rings. The molecule has 132 heavy (non-hydrogen) atoms. The first-order valence-electron chi connectivity index (χ1n) is 43.9. The average Bonchev–Trinajstić information content (AvgIpc) is 1.09. The number of carbonyl (C=O) groups excluding carboxylic acids is 5. The second-order valence-electron chi connectivity index (χ2n) is 32.1. The lowest BCUT2D eigenvalue weighted by atomic mass is 9.97. The number of hydrogen-bond acceptors (Lipinski definition) is 44. The Balaban J connectivity index is 0.893. The monoisotopic (exact) mass is 1910 g/mol. The van der Waals surface area contributed by atoms with Gasteiger partial charge in [0.1, 0.15) is 104 Å². The highest BCUT2D eigenvalue weighted by Crippen LogP contribution is 2.47. The van der Waals surface area contributed by atoms with E-state index in [1.54, 1.807) is 43.5 Å². The summed E-state index contributed by atoms with van der Waals surface area (Å²) in [5.74, 6) is -2.41. The lowest BCUT2D eigenvalue weighted by Gasteiger charge is -2.42. The molecule has 55 heteroatoms. The second kappa shape index (κ2) is 56.6. The molecule has 9 rings (SSSR count). The van der Waals surface area contributed by atoms with Gasteiger partial charge in [-0.05, 0) is 32.2 Å². The van der Waals surface area contributed by atoms with Crippen LogP contribution in [0.3, 0.4) is 0 Å². The Morgan fingerprint density at radius 3 is 1.12 bits per heavy atom. The summed E-state index contributed by atoms with van der Waals surface area (Å²) >= 11 is 0. The molecule has 4 aromatic heterocycles. The van der Waals surface area contributed by atoms with Crippen molar-refractivity contribution >= 4 is 37.4 Å². The maximum Gasteiger partial charge on any atom is 0.472 e. The van der Waals surface area contributed by atoms with E-state index in [0.717, 1.165) is 0 Å². The molecule has 18 N–H and O–H groups in total. The predicted octanol–water partition coefficient (Wildman–Crippen LogP) is -9.22. The van der Waals surface area contributed by atoms with Crippen molar-refractivity contribution in [3.8, 4) is 0 Å². The number of nitrogens with zero attached hydrogens (tertiary/aromatic N) is 14. The number of rotatable bonds is 62. The summed E-state index contributed by atoms with van der Waals surface area (Å²) in [6.45, 7) is 4.79. The van der Waals surface area contributed by atoms with Crippen LogP contribution in [-0.2, 0) is 156 Å². The van der Waals surface area contributed by atoms with Gasteiger partial charge in [0.05, 0.1) is 174 Å². The molecule has 0 aromatic carbocycles. The van der Waals surface area contributed by atoms with Gasteiger partial charge in [-0.25, -0.2) is 23.3 Å². The molecule has 5 fully saturated rings. The van der Waals surface area contributed by atoms with Crippen LogP contribution in [0.5, 0.6) is 0 Å². The normalized spacial score (nSPS) is 28.2. The summed E-state index contributed by atoms with van der Waals surface area (Å²) in [4.78, 5) is 77.7. The number of methoxy groups -OCH3 is 1. The van der Waals surface area contributed by atoms with Crippen molar-refractivity contribution in [1.82, 2.24) is 96.4 Å². The fourth-order valence-corrected chi connectivity index (χ4v) is 16.1. The Labute approximate surface area is 760 Å². The Morgan fingerprint density at radius 1 is 0.447 bits per heavy atom. The topological polar surface area (TPSA) is 703 Å². The summed E-state index contributed by atoms with van der Waals surface area (Å²) in [5.41, 5.74) is 1.99. The molecule has 4 aromatic rings. The molecule has 5 aliphatic heterocycles. The van der Waals surface area contributed by atoms with Crippen LogP contribution in [0.4, 0.5) is 0 Å². The highest BCUT2D eigenvalue weighted by molar-refractivity contribution is 7.47. The van der Waals surface area contributed by atoms with E-state index in [-0.39, 0.29) is 164 Å². The van der Waals surface area contributed by atoms with E-state index in [1.807, 2.05) is 4.90 Å². The quantitative estimate of drug-likeness (QED) is 0.0144. The van der Waals surface area contributed by atoms with Gasteiger partial charge in [0.15, 0.2) is 31.5 Å². The summed E-state index contributed by atoms with van der Waals surface area (Å²) in [6, 6.07) is -5.51. The van der Waals surface area contributed by atoms with E-state index in [0.29, 0.717) is 74.3 Å². The largest absolute Gasteiger partial charge is 0.472 e. The lowest BCUT2D eigenvalue weighted by molar-refractivity contribution is -0.272. The molecule has 5 amide bonds. The van der Waals surface area contributed by atoms with Gasteiger partial charge >= 0.3 is 7.82 Å². The molecular formula is C77H132N19O35P. The number of aliphatic hydroxyl groups excluding tert-OH is 12. The maximum atomic E-state index is 15.2. The zero-order valence-corrected chi connectivity index (χ0v) is 75.4. The van der Waals surface area contributed by atoms with E-state index in [4.69, 9.17) is 75.4 Å². The average molecular weight is 1910 g/mol. The van der Waals surface area contributed by atoms with Crippen molar-refractivity contribution in [3.05, 3.63) is 47.6 Å². The van der Waals surface area contributed by atoms with Gasteiger partial charge in [0.25, 0.3) is 0 Å². The Hall–Kier alpha value is -7.10. The zero-order valence-electron chi connectivity index (χ0n) is 74.5. The molecule has 0 saturated carbocycles. The van der Waals surface area contributed by atoms with Crippen LogP contribution in [0, 0.1) is 0 Å². The third-order valence-corrected chi connectivity index (χ3v) is 22.9. The minimum atomic E-state index is -4.46. The Kier molecular flexibility index (Phi) is 46.5. The highest BCUT2D eigenvalue weighted by Gasteiger charge is 2.50. The fraction of sp³-hybridized carbons (Fsp3) is 0.831. The van der Waals surface area contributed by atoms with Gasteiger partial charge in [0.2, 0.25) is 29.5 Å². The van der Waals surface area contributed by atoms with Crippen molar-refractivity contribution < 1.29 is 170 Å². The number of amides is 5. The summed E-state index contributed by atoms with van der Waals surface area (Å²) in [5, 5.41) is 173. The molecule has 0 radical (unpaired) electrons. The number of aromatic nitrogens is 12. The van der Waals surface area contributed by atoms with E-state index in [9.17, 15) is 89.9 Å². The van der Waals surface area contributed by atoms with Gasteiger partial charge in [-0.3, -0.25) is 42.8 Å². The van der Waals surface area contributed by atoms with Crippen LogP contribution in [0.15, 0.2) is 24.8 Å². The lowest BCUT2D eigenvalue weighted by Crippen LogP contribution is -2.64. The molecule has 1 unspecified atom stereocenters. The molecule has 54 nitrogen and oxygen atoms in total. The molecule has 24 atom stereocenters. The van der Waals surface area contributed by atoms with Crippen molar-refractivity contribution in [2.24, 2.45) is 0 Å². The minimum absolute atomic E-state index is 0.000419. The van der Waals surface area contributed by atoms with Crippen molar-refractivity contribution in [1.29, 1.82) is 0 Å². The van der Waals surface area contributed by atoms with E-state index in [2.05, 4.69) is 72.7 Å². The van der Waals surface area contributed by atoms with E-state index in [1.165, 1.54) is 34.8 Å². The van der Waals surface area contributed by atoms with Crippen molar-refractivity contribution in [3.63, 3.8) is 0 Å². The van der Waals surface area contributed by atoms with Crippen LogP contribution in [0.25, 0.3) is 0 Å². The first-order valence-corrected chi connectivity index (χ1v) is 45.4. The Morgan fingerprint density at radius 2 is 0.788 bits per heavy atom. The van der Waals surface area contributed by atoms with Gasteiger partial charge < -0.3 is 159 Å². The molecule has 750 valence electrons. The second-order valence-corrected chi connectivity index (χ2v) is 33.5. The summed E-state index contributed by atoms with van der Waals surface area (Å²) in [6.07, 6.45) is -12.9. The number of unbranched alkanes of at least 4 members (excludes halogenated alkanes) is 4. The maximum absolute atomic E-state index is 15.2. The number of nitrogens with one attached hydrogen (secondary N) is 5. The van der Waals surface area contributed by atoms with Gasteiger partial charge in [-0.1, -0.05) is 40.1 Å². The molecular weight excluding hydrogens is 1780 g/mol. The van der Waals surface area contributed by atoms with Gasteiger partial charge in [-0.15, -0.1) is 20.4 Å². The summed E-state index contributed by atoms with van der Waals surface area (Å²) in [7, 11) is -3.06. The van der Waals surface area contributed by atoms with Crippen LogP contribution in [0.2, 0.25) is 0 Å². The molecule has 9 heterocycles. The highest BCUT2D eigenvalue weighted by atomic mass is 31.2. The molecule has 0 aliphatic carbocycles. The number of phosphoric ester groups is 1. The van der Waals surface area contributed by atoms with Crippen LogP contribution >= 0.6 is 7.82 Å². The fourth-order valence-electron chi connectivity index (χ4n) is 15.1. The zero-order chi connectivity index (χ0) is 95.2. The first kappa shape index (κ1) is 109. The van der Waals surface area contributed by atoms with Gasteiger partial charge in [0, 0.05) is 98.7 Å². The number of ether oxygens (including phenoxy) is 14. The van der Waals surface area contributed by atoms with E-state index < -0.39 is 199 Å². The third kappa shape index (κ3) is 34.9. The third-order valence-electron chi connectivity index (χ3n) is 21.8. The van der Waals surface area contributed by atoms with Crippen LogP contribution < -0.4 is 26.6 Å². The standard InChI is InChI=1S/C77H132N19O35P/c1-46(101)79-60-68(109)64(105)56(42-97)127-74(60)122-30-26-117-22-16-93-38-50(83-87-93)34-91(35-51-39-94(88-84-51)17-23-118-27-31-123-75-61(80-47(2)102)69(110)65(106)57(43-98)128-75)15-10-8-12-54(72(113)78-14-9-6-7-11-20-126-132(114,115)131-55-13-21-121-73(55)116-5)92(36-52-40-95(89-85-52)18-24-119-28-32-124-76-62(81-48(3)103)70(111)66(107)58(44-99)129-76)37-53-41-96(90-86-53)19-25-120-29-33-125-77-63(82-49(4)104)71(112)67(108)59(45-100)130-77/h38-41,54-71,73-77,97-100,105-112H,6-37,42-45H2,1-5H3,(H,78,113)(H,79,101)(H,80,102)(H,81,103)(H,82,104)(H,114,115)/t54-,55-,56+,57+,58+,59+,60+,61+,62+,63+,64-,65-,66-,67-,68+,69+,70+,71+,73-,74+,75+,76+,77+/m0/s1. The van der Waals surface area contributed by atoms with Crippen LogP contribution in [-0.4, -0.2) is 446 Å². The predicted molar refractivity (Wildman–Crippen MR) is 443 cm³/mol. The molecule has 5 saturated heterocycles. The number of hydrogen-bond donors (Lipinski definition) is 18. The number of aliphatic hydroxyl groups is 12. The summed E-state index contributed by atoms with van der Waals surface area (Å²) < 4.78 is 110. The minimum Gasteiger partial charge on any atom is -0.394 e. The van der Waals surface area contributed by atoms with Gasteiger partial charge in [-0.2, -0.15) is 0 Å².